The molecule has 0 spiro atoms. The lowest BCUT2D eigenvalue weighted by Gasteiger charge is -2.36. The van der Waals surface area contributed by atoms with Gasteiger partial charge in [-0.25, -0.2) is 0 Å². The summed E-state index contributed by atoms with van der Waals surface area (Å²) in [5.41, 5.74) is 1.45. The van der Waals surface area contributed by atoms with Crippen LogP contribution in [-0.4, -0.2) is 49.2 Å². The quantitative estimate of drug-likeness (QED) is 0.874. The molecule has 126 valence electrons. The Bertz CT molecular complexity index is 726. The largest absolute Gasteiger partial charge is 0.507 e. The number of hydrogen-bond donors (Lipinski definition) is 1. The average molecular weight is 391 g/mol. The summed E-state index contributed by atoms with van der Waals surface area (Å²) in [6, 6.07) is 12.8. The van der Waals surface area contributed by atoms with E-state index in [9.17, 15) is 9.90 Å². The van der Waals surface area contributed by atoms with Crippen LogP contribution in [0.3, 0.4) is 0 Å². The molecule has 1 N–H and O–H groups in total. The van der Waals surface area contributed by atoms with Gasteiger partial charge in [0.25, 0.3) is 5.91 Å². The van der Waals surface area contributed by atoms with Gasteiger partial charge in [0.1, 0.15) is 11.5 Å². The van der Waals surface area contributed by atoms with Crippen molar-refractivity contribution in [1.29, 1.82) is 0 Å². The summed E-state index contributed by atoms with van der Waals surface area (Å²) in [5, 5.41) is 9.92. The predicted molar refractivity (Wildman–Crippen MR) is 96.9 cm³/mol. The van der Waals surface area contributed by atoms with Crippen LogP contribution in [0.5, 0.6) is 11.5 Å². The van der Waals surface area contributed by atoms with Crippen molar-refractivity contribution in [3.63, 3.8) is 0 Å². The molecular weight excluding hydrogens is 372 g/mol. The Morgan fingerprint density at radius 1 is 1.08 bits per heavy atom. The third kappa shape index (κ3) is 3.48. The molecule has 1 saturated heterocycles. The highest BCUT2D eigenvalue weighted by Crippen LogP contribution is 2.25. The molecule has 0 aromatic heterocycles. The number of hydrogen-bond acceptors (Lipinski definition) is 4. The molecule has 2 aromatic rings. The van der Waals surface area contributed by atoms with Gasteiger partial charge in [0.05, 0.1) is 12.7 Å². The number of phenols is 1. The number of benzene rings is 2. The first-order valence-corrected chi connectivity index (χ1v) is 8.54. The average Bonchev–Trinajstić information content (AvgIpc) is 2.63. The fraction of sp³-hybridized carbons (Fsp3) is 0.278. The Kier molecular flexibility index (Phi) is 4.94. The second-order valence-electron chi connectivity index (χ2n) is 5.64. The number of carbonyl (C=O) groups excluding carboxylic acids is 1. The van der Waals surface area contributed by atoms with Gasteiger partial charge in [0.15, 0.2) is 0 Å². The van der Waals surface area contributed by atoms with Crippen molar-refractivity contribution >= 4 is 27.5 Å². The molecule has 1 heterocycles. The minimum atomic E-state index is -0.136. The first-order chi connectivity index (χ1) is 11.6. The predicted octanol–water partition coefficient (Wildman–Crippen LogP) is 3.13. The number of amides is 1. The molecule has 3 rings (SSSR count). The summed E-state index contributed by atoms with van der Waals surface area (Å²) >= 11 is 3.34. The minimum absolute atomic E-state index is 0.0146. The maximum atomic E-state index is 12.6. The molecule has 2 aromatic carbocycles. The molecule has 1 fully saturated rings. The molecule has 0 unspecified atom stereocenters. The zero-order valence-electron chi connectivity index (χ0n) is 13.4. The van der Waals surface area contributed by atoms with E-state index in [1.165, 1.54) is 6.07 Å². The standard InChI is InChI=1S/C18H19BrN2O3/c1-24-15-5-3-14(4-6-15)20-8-10-21(11-9-20)18(23)16-12-13(19)2-7-17(16)22/h2-7,12,22H,8-11H2,1H3. The third-order valence-corrected chi connectivity index (χ3v) is 4.69. The van der Waals surface area contributed by atoms with Gasteiger partial charge >= 0.3 is 0 Å². The van der Waals surface area contributed by atoms with Gasteiger partial charge < -0.3 is 19.6 Å². The summed E-state index contributed by atoms with van der Waals surface area (Å²) in [6.45, 7) is 2.76. The Hall–Kier alpha value is -2.21. The summed E-state index contributed by atoms with van der Waals surface area (Å²) < 4.78 is 5.95. The molecule has 0 saturated carbocycles. The summed E-state index contributed by atoms with van der Waals surface area (Å²) in [4.78, 5) is 16.6. The summed E-state index contributed by atoms with van der Waals surface area (Å²) in [5.74, 6) is 0.710. The van der Waals surface area contributed by atoms with Gasteiger partial charge in [-0.3, -0.25) is 4.79 Å². The Morgan fingerprint density at radius 2 is 1.75 bits per heavy atom. The zero-order valence-corrected chi connectivity index (χ0v) is 15.0. The monoisotopic (exact) mass is 390 g/mol. The van der Waals surface area contributed by atoms with Crippen molar-refractivity contribution in [2.75, 3.05) is 38.2 Å². The summed E-state index contributed by atoms with van der Waals surface area (Å²) in [6.07, 6.45) is 0. The van der Waals surface area contributed by atoms with Gasteiger partial charge in [-0.15, -0.1) is 0 Å². The molecular formula is C18H19BrN2O3. The van der Waals surface area contributed by atoms with Crippen LogP contribution in [0.25, 0.3) is 0 Å². The summed E-state index contributed by atoms with van der Waals surface area (Å²) in [7, 11) is 1.65. The van der Waals surface area contributed by atoms with Crippen molar-refractivity contribution in [1.82, 2.24) is 4.90 Å². The van der Waals surface area contributed by atoms with Crippen LogP contribution in [0, 0.1) is 0 Å². The molecule has 5 nitrogen and oxygen atoms in total. The van der Waals surface area contributed by atoms with Crippen molar-refractivity contribution in [3.8, 4) is 11.5 Å². The number of halogens is 1. The van der Waals surface area contributed by atoms with Crippen molar-refractivity contribution in [3.05, 3.63) is 52.5 Å². The van der Waals surface area contributed by atoms with E-state index in [-0.39, 0.29) is 11.7 Å². The lowest BCUT2D eigenvalue weighted by atomic mass is 10.1. The molecule has 1 aliphatic rings. The van der Waals surface area contributed by atoms with E-state index in [0.717, 1.165) is 29.0 Å². The molecule has 6 heteroatoms. The first-order valence-electron chi connectivity index (χ1n) is 7.75. The van der Waals surface area contributed by atoms with E-state index in [4.69, 9.17) is 4.74 Å². The first kappa shape index (κ1) is 16.6. The van der Waals surface area contributed by atoms with E-state index >= 15 is 0 Å². The Balaban J connectivity index is 1.65. The second-order valence-corrected chi connectivity index (χ2v) is 6.55. The fourth-order valence-electron chi connectivity index (χ4n) is 2.81. The lowest BCUT2D eigenvalue weighted by molar-refractivity contribution is 0.0743. The van der Waals surface area contributed by atoms with Crippen LogP contribution < -0.4 is 9.64 Å². The van der Waals surface area contributed by atoms with E-state index < -0.39 is 0 Å². The van der Waals surface area contributed by atoms with E-state index in [1.807, 2.05) is 24.3 Å². The van der Waals surface area contributed by atoms with E-state index in [0.29, 0.717) is 18.7 Å². The molecule has 24 heavy (non-hydrogen) atoms. The number of nitrogens with zero attached hydrogens (tertiary/aromatic N) is 2. The smallest absolute Gasteiger partial charge is 0.257 e. The van der Waals surface area contributed by atoms with Crippen LogP contribution in [-0.2, 0) is 0 Å². The number of rotatable bonds is 3. The molecule has 0 bridgehead atoms. The molecule has 1 aliphatic heterocycles. The van der Waals surface area contributed by atoms with Gasteiger partial charge in [-0.05, 0) is 42.5 Å². The number of ether oxygens (including phenoxy) is 1. The number of carbonyl (C=O) groups is 1. The number of phenolic OH excluding ortho intramolecular Hbond substituents is 1. The maximum Gasteiger partial charge on any atom is 0.257 e. The molecule has 0 atom stereocenters. The SMILES string of the molecule is COc1ccc(N2CCN(C(=O)c3cc(Br)ccc3O)CC2)cc1. The highest BCUT2D eigenvalue weighted by atomic mass is 79.9. The van der Waals surface area contributed by atoms with Gasteiger partial charge in [-0.2, -0.15) is 0 Å². The highest BCUT2D eigenvalue weighted by molar-refractivity contribution is 9.10. The Labute approximate surface area is 149 Å². The zero-order chi connectivity index (χ0) is 17.1. The van der Waals surface area contributed by atoms with Crippen molar-refractivity contribution in [2.24, 2.45) is 0 Å². The molecule has 0 aliphatic carbocycles. The minimum Gasteiger partial charge on any atom is -0.507 e. The van der Waals surface area contributed by atoms with Crippen LogP contribution in [0.4, 0.5) is 5.69 Å². The van der Waals surface area contributed by atoms with Gasteiger partial charge in [0.2, 0.25) is 0 Å². The normalized spacial score (nSPS) is 14.6. The Morgan fingerprint density at radius 3 is 2.38 bits per heavy atom. The van der Waals surface area contributed by atoms with Crippen LogP contribution >= 0.6 is 15.9 Å². The van der Waals surface area contributed by atoms with E-state index in [1.54, 1.807) is 24.1 Å². The van der Waals surface area contributed by atoms with Gasteiger partial charge in [0, 0.05) is 36.3 Å². The number of piperazine rings is 1. The number of aromatic hydroxyl groups is 1. The van der Waals surface area contributed by atoms with Crippen molar-refractivity contribution < 1.29 is 14.6 Å². The molecule has 0 radical (unpaired) electrons. The van der Waals surface area contributed by atoms with Crippen LogP contribution in [0.2, 0.25) is 0 Å². The van der Waals surface area contributed by atoms with Crippen molar-refractivity contribution in [2.45, 2.75) is 0 Å². The topological polar surface area (TPSA) is 53.0 Å². The lowest BCUT2D eigenvalue weighted by Crippen LogP contribution is -2.48. The third-order valence-electron chi connectivity index (χ3n) is 4.19. The molecule has 1 amide bonds. The van der Waals surface area contributed by atoms with E-state index in [2.05, 4.69) is 20.8 Å². The number of methoxy groups -OCH3 is 1. The maximum absolute atomic E-state index is 12.6. The fourth-order valence-corrected chi connectivity index (χ4v) is 3.17. The highest BCUT2D eigenvalue weighted by Gasteiger charge is 2.24. The van der Waals surface area contributed by atoms with Gasteiger partial charge in [-0.1, -0.05) is 15.9 Å². The number of anilines is 1. The van der Waals surface area contributed by atoms with Crippen LogP contribution in [0.15, 0.2) is 46.9 Å². The van der Waals surface area contributed by atoms with Crippen LogP contribution in [0.1, 0.15) is 10.4 Å². The second kappa shape index (κ2) is 7.13.